The first-order chi connectivity index (χ1) is 12.6. The maximum absolute atomic E-state index is 13.0. The number of anilines is 1. The minimum absolute atomic E-state index is 0.0632. The van der Waals surface area contributed by atoms with Gasteiger partial charge in [-0.1, -0.05) is 36.0 Å². The molecule has 2 aliphatic rings. The van der Waals surface area contributed by atoms with Crippen molar-refractivity contribution in [1.29, 1.82) is 0 Å². The van der Waals surface area contributed by atoms with Crippen LogP contribution < -0.4 is 4.90 Å². The number of benzene rings is 1. The monoisotopic (exact) mass is 368 g/mol. The number of hydrogen-bond acceptors (Lipinski definition) is 5. The summed E-state index contributed by atoms with van der Waals surface area (Å²) in [4.78, 5) is 26.4. The van der Waals surface area contributed by atoms with Gasteiger partial charge in [-0.15, -0.1) is 0 Å². The van der Waals surface area contributed by atoms with Crippen LogP contribution in [0.15, 0.2) is 35.5 Å². The van der Waals surface area contributed by atoms with E-state index in [-0.39, 0.29) is 11.8 Å². The van der Waals surface area contributed by atoms with Crippen LogP contribution in [0.3, 0.4) is 0 Å². The van der Waals surface area contributed by atoms with E-state index in [0.717, 1.165) is 55.7 Å². The number of carbonyl (C=O) groups is 1. The maximum Gasteiger partial charge on any atom is 0.227 e. The number of hydrogen-bond donors (Lipinski definition) is 0. The van der Waals surface area contributed by atoms with Gasteiger partial charge in [-0.2, -0.15) is 0 Å². The van der Waals surface area contributed by atoms with Gasteiger partial charge in [0.05, 0.1) is 5.92 Å². The third kappa shape index (κ3) is 3.43. The highest BCUT2D eigenvalue weighted by molar-refractivity contribution is 7.98. The molecule has 2 aliphatic heterocycles. The van der Waals surface area contributed by atoms with Gasteiger partial charge >= 0.3 is 0 Å². The second-order valence-electron chi connectivity index (χ2n) is 7.06. The second-order valence-corrected chi connectivity index (χ2v) is 7.84. The van der Waals surface area contributed by atoms with Crippen molar-refractivity contribution >= 4 is 23.5 Å². The Kier molecular flexibility index (Phi) is 4.85. The van der Waals surface area contributed by atoms with Crippen LogP contribution in [0.25, 0.3) is 0 Å². The molecule has 5 nitrogen and oxygen atoms in total. The van der Waals surface area contributed by atoms with E-state index in [4.69, 9.17) is 0 Å². The highest BCUT2D eigenvalue weighted by Gasteiger charge is 2.33. The van der Waals surface area contributed by atoms with Gasteiger partial charge in [0, 0.05) is 37.9 Å². The maximum atomic E-state index is 13.0. The first-order valence-electron chi connectivity index (χ1n) is 9.14. The van der Waals surface area contributed by atoms with Crippen molar-refractivity contribution in [2.24, 2.45) is 5.92 Å². The summed E-state index contributed by atoms with van der Waals surface area (Å²) < 4.78 is 0. The standard InChI is InChI=1S/C20H24N4OS/c1-14-11-18(22-20(21-14)26-2)23-9-8-17(13-23)19(25)24-10-7-15-5-3-4-6-16(15)12-24/h3-6,11,17H,7-10,12-13H2,1-2H3. The lowest BCUT2D eigenvalue weighted by Gasteiger charge is -2.31. The molecule has 1 aromatic carbocycles. The molecule has 0 radical (unpaired) electrons. The van der Waals surface area contributed by atoms with Gasteiger partial charge in [0.25, 0.3) is 0 Å². The summed E-state index contributed by atoms with van der Waals surface area (Å²) >= 11 is 1.56. The molecule has 26 heavy (non-hydrogen) atoms. The lowest BCUT2D eigenvalue weighted by molar-refractivity contribution is -0.135. The van der Waals surface area contributed by atoms with Gasteiger partial charge < -0.3 is 9.80 Å². The van der Waals surface area contributed by atoms with Crippen LogP contribution in [0.4, 0.5) is 5.82 Å². The Morgan fingerprint density at radius 1 is 1.19 bits per heavy atom. The fourth-order valence-electron chi connectivity index (χ4n) is 3.89. The predicted octanol–water partition coefficient (Wildman–Crippen LogP) is 2.92. The smallest absolute Gasteiger partial charge is 0.227 e. The predicted molar refractivity (Wildman–Crippen MR) is 104 cm³/mol. The molecule has 0 saturated carbocycles. The molecule has 2 aromatic rings. The summed E-state index contributed by atoms with van der Waals surface area (Å²) in [5, 5.41) is 0.794. The lowest BCUT2D eigenvalue weighted by atomic mass is 9.98. The normalized spacial score (nSPS) is 19.5. The summed E-state index contributed by atoms with van der Waals surface area (Å²) in [6, 6.07) is 10.5. The number of aromatic nitrogens is 2. The minimum Gasteiger partial charge on any atom is -0.356 e. The van der Waals surface area contributed by atoms with Crippen LogP contribution >= 0.6 is 11.8 Å². The average Bonchev–Trinajstić information content (AvgIpc) is 3.16. The van der Waals surface area contributed by atoms with Crippen molar-refractivity contribution in [3.05, 3.63) is 47.2 Å². The minimum atomic E-state index is 0.0632. The number of nitrogens with zero attached hydrogens (tertiary/aromatic N) is 4. The Labute approximate surface area is 158 Å². The molecular formula is C20H24N4OS. The van der Waals surface area contributed by atoms with Gasteiger partial charge in [0.1, 0.15) is 5.82 Å². The number of carbonyl (C=O) groups excluding carboxylic acids is 1. The van der Waals surface area contributed by atoms with E-state index in [2.05, 4.69) is 39.1 Å². The Hall–Kier alpha value is -2.08. The molecule has 6 heteroatoms. The Morgan fingerprint density at radius 3 is 2.81 bits per heavy atom. The molecule has 1 unspecified atom stereocenters. The largest absolute Gasteiger partial charge is 0.356 e. The van der Waals surface area contributed by atoms with Gasteiger partial charge in [0.15, 0.2) is 5.16 Å². The van der Waals surface area contributed by atoms with Crippen molar-refractivity contribution in [2.45, 2.75) is 31.5 Å². The van der Waals surface area contributed by atoms with E-state index in [9.17, 15) is 4.79 Å². The molecule has 0 spiro atoms. The molecule has 136 valence electrons. The van der Waals surface area contributed by atoms with E-state index in [1.807, 2.05) is 24.1 Å². The van der Waals surface area contributed by atoms with Crippen LogP contribution in [0.2, 0.25) is 0 Å². The molecule has 1 aromatic heterocycles. The van der Waals surface area contributed by atoms with Crippen LogP contribution in [-0.4, -0.2) is 46.7 Å². The quantitative estimate of drug-likeness (QED) is 0.616. The van der Waals surface area contributed by atoms with Gasteiger partial charge in [-0.3, -0.25) is 4.79 Å². The van der Waals surface area contributed by atoms with Crippen molar-refractivity contribution < 1.29 is 4.79 Å². The molecule has 1 atom stereocenters. The number of aryl methyl sites for hydroxylation is 1. The SMILES string of the molecule is CSc1nc(C)cc(N2CCC(C(=O)N3CCc4ccccc4C3)C2)n1. The van der Waals surface area contributed by atoms with Crippen LogP contribution in [0, 0.1) is 12.8 Å². The molecule has 4 rings (SSSR count). The molecule has 1 amide bonds. The number of amides is 1. The number of thioether (sulfide) groups is 1. The van der Waals surface area contributed by atoms with Gasteiger partial charge in [-0.25, -0.2) is 9.97 Å². The lowest BCUT2D eigenvalue weighted by Crippen LogP contribution is -2.40. The molecule has 3 heterocycles. The summed E-state index contributed by atoms with van der Waals surface area (Å²) in [5.74, 6) is 1.30. The molecular weight excluding hydrogens is 344 g/mol. The Balaban J connectivity index is 1.44. The van der Waals surface area contributed by atoms with Crippen LogP contribution in [0.5, 0.6) is 0 Å². The van der Waals surface area contributed by atoms with Crippen molar-refractivity contribution in [1.82, 2.24) is 14.9 Å². The van der Waals surface area contributed by atoms with Gasteiger partial charge in [-0.05, 0) is 37.1 Å². The first-order valence-corrected chi connectivity index (χ1v) is 10.4. The fourth-order valence-corrected chi connectivity index (χ4v) is 4.31. The fraction of sp³-hybridized carbons (Fsp3) is 0.450. The highest BCUT2D eigenvalue weighted by atomic mass is 32.2. The average molecular weight is 369 g/mol. The summed E-state index contributed by atoms with van der Waals surface area (Å²) in [5.41, 5.74) is 3.64. The highest BCUT2D eigenvalue weighted by Crippen LogP contribution is 2.27. The third-order valence-electron chi connectivity index (χ3n) is 5.31. The van der Waals surface area contributed by atoms with E-state index in [1.54, 1.807) is 11.8 Å². The number of fused-ring (bicyclic) bond motifs is 1. The Bertz CT molecular complexity index is 825. The summed E-state index contributed by atoms with van der Waals surface area (Å²) in [6.07, 6.45) is 3.85. The van der Waals surface area contributed by atoms with Crippen molar-refractivity contribution in [3.8, 4) is 0 Å². The third-order valence-corrected chi connectivity index (χ3v) is 5.85. The van der Waals surface area contributed by atoms with Crippen molar-refractivity contribution in [2.75, 3.05) is 30.8 Å². The van der Waals surface area contributed by atoms with E-state index < -0.39 is 0 Å². The molecule has 0 aliphatic carbocycles. The van der Waals surface area contributed by atoms with E-state index >= 15 is 0 Å². The first kappa shape index (κ1) is 17.3. The van der Waals surface area contributed by atoms with Crippen molar-refractivity contribution in [3.63, 3.8) is 0 Å². The number of rotatable bonds is 3. The topological polar surface area (TPSA) is 49.3 Å². The zero-order chi connectivity index (χ0) is 18.1. The van der Waals surface area contributed by atoms with Gasteiger partial charge in [0.2, 0.25) is 5.91 Å². The molecule has 0 N–H and O–H groups in total. The molecule has 1 fully saturated rings. The summed E-state index contributed by atoms with van der Waals surface area (Å²) in [7, 11) is 0. The molecule has 1 saturated heterocycles. The second kappa shape index (κ2) is 7.27. The van der Waals surface area contributed by atoms with Crippen LogP contribution in [0.1, 0.15) is 23.2 Å². The zero-order valence-electron chi connectivity index (χ0n) is 15.3. The summed E-state index contributed by atoms with van der Waals surface area (Å²) in [6.45, 7) is 5.20. The van der Waals surface area contributed by atoms with Crippen LogP contribution in [-0.2, 0) is 17.8 Å². The van der Waals surface area contributed by atoms with E-state index in [1.165, 1.54) is 11.1 Å². The zero-order valence-corrected chi connectivity index (χ0v) is 16.1. The Morgan fingerprint density at radius 2 is 2.00 bits per heavy atom. The van der Waals surface area contributed by atoms with E-state index in [0.29, 0.717) is 0 Å². The molecule has 0 bridgehead atoms.